The Balaban J connectivity index is 1.35. The Morgan fingerprint density at radius 1 is 1.24 bits per heavy atom. The van der Waals surface area contributed by atoms with Gasteiger partial charge in [-0.1, -0.05) is 36.0 Å². The smallest absolute Gasteiger partial charge is 0.240 e. The molecule has 2 aromatic heterocycles. The van der Waals surface area contributed by atoms with Crippen LogP contribution < -0.4 is 4.90 Å². The van der Waals surface area contributed by atoms with Crippen LogP contribution in [0.15, 0.2) is 46.9 Å². The summed E-state index contributed by atoms with van der Waals surface area (Å²) in [6, 6.07) is 13.0. The normalized spacial score (nSPS) is 17.2. The molecule has 0 N–H and O–H groups in total. The highest BCUT2D eigenvalue weighted by Crippen LogP contribution is 2.40. The number of hydrogen-bond acceptors (Lipinski definition) is 5. The van der Waals surface area contributed by atoms with Gasteiger partial charge in [0.2, 0.25) is 5.91 Å². The molecular weight excluding hydrogens is 400 g/mol. The molecule has 1 amide bonds. The van der Waals surface area contributed by atoms with E-state index in [0.29, 0.717) is 6.04 Å². The van der Waals surface area contributed by atoms with Crippen molar-refractivity contribution in [3.8, 4) is 0 Å². The molecule has 5 nitrogen and oxygen atoms in total. The van der Waals surface area contributed by atoms with Crippen molar-refractivity contribution in [3.63, 3.8) is 0 Å². The van der Waals surface area contributed by atoms with Crippen LogP contribution >= 0.6 is 23.1 Å². The minimum absolute atomic E-state index is 0.160. The zero-order valence-corrected chi connectivity index (χ0v) is 18.1. The van der Waals surface area contributed by atoms with Crippen molar-refractivity contribution in [1.29, 1.82) is 0 Å². The van der Waals surface area contributed by atoms with E-state index < -0.39 is 0 Å². The van der Waals surface area contributed by atoms with Gasteiger partial charge in [0, 0.05) is 29.6 Å². The molecule has 2 aliphatic rings. The maximum atomic E-state index is 13.3. The van der Waals surface area contributed by atoms with Crippen LogP contribution in [-0.4, -0.2) is 32.5 Å². The summed E-state index contributed by atoms with van der Waals surface area (Å²) in [7, 11) is 0. The van der Waals surface area contributed by atoms with Crippen LogP contribution in [-0.2, 0) is 17.6 Å². The van der Waals surface area contributed by atoms with E-state index in [1.807, 2.05) is 17.9 Å². The fourth-order valence-corrected chi connectivity index (χ4v) is 5.67. The van der Waals surface area contributed by atoms with Gasteiger partial charge in [-0.3, -0.25) is 4.79 Å². The number of aryl methyl sites for hydroxylation is 1. The highest BCUT2D eigenvalue weighted by atomic mass is 32.2. The van der Waals surface area contributed by atoms with E-state index in [2.05, 4.69) is 50.5 Å². The Morgan fingerprint density at radius 3 is 2.90 bits per heavy atom. The molecule has 5 rings (SSSR count). The topological polar surface area (TPSA) is 51.0 Å². The number of carbonyl (C=O) groups is 1. The van der Waals surface area contributed by atoms with Gasteiger partial charge >= 0.3 is 0 Å². The molecule has 1 aliphatic heterocycles. The number of benzene rings is 1. The second kappa shape index (κ2) is 7.95. The van der Waals surface area contributed by atoms with Crippen molar-refractivity contribution in [2.24, 2.45) is 0 Å². The van der Waals surface area contributed by atoms with Crippen LogP contribution in [0.5, 0.6) is 0 Å². The van der Waals surface area contributed by atoms with Gasteiger partial charge in [-0.05, 0) is 55.7 Å². The number of rotatable bonds is 6. The Morgan fingerprint density at radius 2 is 2.10 bits per heavy atom. The molecule has 0 saturated heterocycles. The summed E-state index contributed by atoms with van der Waals surface area (Å²) >= 11 is 3.30. The van der Waals surface area contributed by atoms with Gasteiger partial charge in [0.15, 0.2) is 5.16 Å². The minimum Gasteiger partial charge on any atom is -0.311 e. The van der Waals surface area contributed by atoms with Gasteiger partial charge in [0.25, 0.3) is 0 Å². The lowest BCUT2D eigenvalue weighted by Gasteiger charge is -2.31. The molecule has 1 aromatic carbocycles. The molecule has 1 saturated carbocycles. The average molecular weight is 425 g/mol. The van der Waals surface area contributed by atoms with Gasteiger partial charge in [-0.2, -0.15) is 0 Å². The zero-order valence-electron chi connectivity index (χ0n) is 16.5. The van der Waals surface area contributed by atoms with Crippen LogP contribution in [0.1, 0.15) is 48.5 Å². The first-order valence-electron chi connectivity index (χ1n) is 10.2. The van der Waals surface area contributed by atoms with E-state index in [1.165, 1.54) is 23.3 Å². The lowest BCUT2D eigenvalue weighted by molar-refractivity contribution is -0.117. The second-order valence-corrected chi connectivity index (χ2v) is 10.1. The Bertz CT molecular complexity index is 1010. The summed E-state index contributed by atoms with van der Waals surface area (Å²) in [4.78, 5) is 16.5. The maximum absolute atomic E-state index is 13.3. The van der Waals surface area contributed by atoms with Crippen molar-refractivity contribution in [3.05, 3.63) is 58.0 Å². The summed E-state index contributed by atoms with van der Waals surface area (Å²) in [6.07, 6.45) is 5.21. The van der Waals surface area contributed by atoms with Crippen LogP contribution in [0.4, 0.5) is 5.69 Å². The fraction of sp³-hybridized carbons (Fsp3) is 0.409. The van der Waals surface area contributed by atoms with E-state index in [0.717, 1.165) is 42.5 Å². The number of nitrogens with zero attached hydrogens (tertiary/aromatic N) is 4. The van der Waals surface area contributed by atoms with E-state index >= 15 is 0 Å². The number of thiophene rings is 1. The Labute approximate surface area is 179 Å². The molecule has 1 atom stereocenters. The molecular formula is C22H24N4OS2. The molecule has 0 bridgehead atoms. The molecule has 1 fully saturated rings. The Kier molecular flexibility index (Phi) is 5.18. The van der Waals surface area contributed by atoms with E-state index in [-0.39, 0.29) is 11.2 Å². The van der Waals surface area contributed by atoms with Crippen LogP contribution in [0.2, 0.25) is 0 Å². The third-order valence-corrected chi connectivity index (χ3v) is 7.49. The summed E-state index contributed by atoms with van der Waals surface area (Å²) in [6.45, 7) is 2.79. The average Bonchev–Trinajstić information content (AvgIpc) is 3.30. The minimum atomic E-state index is -0.197. The first-order valence-corrected chi connectivity index (χ1v) is 12.0. The molecule has 1 unspecified atom stereocenters. The lowest BCUT2D eigenvalue weighted by Crippen LogP contribution is -2.40. The van der Waals surface area contributed by atoms with Crippen molar-refractivity contribution in [1.82, 2.24) is 14.8 Å². The number of fused-ring (bicyclic) bond motifs is 1. The maximum Gasteiger partial charge on any atom is 0.240 e. The van der Waals surface area contributed by atoms with E-state index in [1.54, 1.807) is 23.1 Å². The zero-order chi connectivity index (χ0) is 19.8. The first kappa shape index (κ1) is 18.9. The largest absolute Gasteiger partial charge is 0.311 e. The van der Waals surface area contributed by atoms with Crippen LogP contribution in [0.3, 0.4) is 0 Å². The van der Waals surface area contributed by atoms with E-state index in [9.17, 15) is 4.79 Å². The third kappa shape index (κ3) is 3.85. The lowest BCUT2D eigenvalue weighted by atomic mass is 10.0. The van der Waals surface area contributed by atoms with Gasteiger partial charge in [0.1, 0.15) is 5.82 Å². The molecule has 150 valence electrons. The number of aromatic nitrogens is 3. The Hall–Kier alpha value is -2.12. The molecule has 0 spiro atoms. The van der Waals surface area contributed by atoms with Crippen LogP contribution in [0.25, 0.3) is 0 Å². The van der Waals surface area contributed by atoms with Crippen molar-refractivity contribution in [2.45, 2.75) is 55.5 Å². The summed E-state index contributed by atoms with van der Waals surface area (Å²) in [5.41, 5.74) is 2.34. The number of hydrogen-bond donors (Lipinski definition) is 0. The summed E-state index contributed by atoms with van der Waals surface area (Å²) in [5, 5.41) is 11.7. The molecule has 1 aliphatic carbocycles. The van der Waals surface area contributed by atoms with Gasteiger partial charge in [0.05, 0.1) is 5.25 Å². The van der Waals surface area contributed by atoms with Gasteiger partial charge < -0.3 is 9.47 Å². The molecule has 29 heavy (non-hydrogen) atoms. The molecule has 3 heterocycles. The highest BCUT2D eigenvalue weighted by Gasteiger charge is 2.32. The number of amides is 1. The predicted molar refractivity (Wildman–Crippen MR) is 118 cm³/mol. The number of thioether (sulfide) groups is 1. The standard InChI is InChI=1S/C22H24N4OS2/c1-15(21(27)25-12-4-7-16-6-2-3-9-19(16)25)29-22-24-23-20(26(22)17-10-11-17)14-18-8-5-13-28-18/h2-3,5-6,8-9,13,15,17H,4,7,10-12,14H2,1H3. The molecule has 3 aromatic rings. The first-order chi connectivity index (χ1) is 14.2. The van der Waals surface area contributed by atoms with Crippen LogP contribution in [0, 0.1) is 0 Å². The number of anilines is 1. The number of para-hydroxylation sites is 1. The van der Waals surface area contributed by atoms with E-state index in [4.69, 9.17) is 0 Å². The molecule has 0 radical (unpaired) electrons. The molecule has 7 heteroatoms. The summed E-state index contributed by atoms with van der Waals surface area (Å²) < 4.78 is 2.28. The van der Waals surface area contributed by atoms with Gasteiger partial charge in [-0.15, -0.1) is 21.5 Å². The monoisotopic (exact) mass is 424 g/mol. The third-order valence-electron chi connectivity index (χ3n) is 5.57. The summed E-state index contributed by atoms with van der Waals surface area (Å²) in [5.74, 6) is 1.17. The number of carbonyl (C=O) groups excluding carboxylic acids is 1. The second-order valence-electron chi connectivity index (χ2n) is 7.74. The van der Waals surface area contributed by atoms with Crippen molar-refractivity contribution >= 4 is 34.7 Å². The fourth-order valence-electron chi connectivity index (χ4n) is 3.97. The van der Waals surface area contributed by atoms with Crippen molar-refractivity contribution in [2.75, 3.05) is 11.4 Å². The quantitative estimate of drug-likeness (QED) is 0.537. The van der Waals surface area contributed by atoms with Gasteiger partial charge in [-0.25, -0.2) is 0 Å². The SMILES string of the molecule is CC(Sc1nnc(Cc2cccs2)n1C1CC1)C(=O)N1CCCc2ccccc21. The highest BCUT2D eigenvalue weighted by molar-refractivity contribution is 8.00. The predicted octanol–water partition coefficient (Wildman–Crippen LogP) is 4.73. The van der Waals surface area contributed by atoms with Crippen molar-refractivity contribution < 1.29 is 4.79 Å².